The van der Waals surface area contributed by atoms with Gasteiger partial charge >= 0.3 is 6.85 Å². The second-order valence-electron chi connectivity index (χ2n) is 13.8. The quantitative estimate of drug-likeness (QED) is 0.187. The fraction of sp³-hybridized carbons (Fsp3) is 0.158. The minimum atomic E-state index is -1.93. The molecule has 0 amide bonds. The average Bonchev–Trinajstić information content (AvgIpc) is 3.46. The summed E-state index contributed by atoms with van der Waals surface area (Å²) in [7, 11) is -1.93. The highest BCUT2D eigenvalue weighted by molar-refractivity contribution is 7.04. The van der Waals surface area contributed by atoms with Crippen LogP contribution in [0, 0.1) is 6.92 Å². The van der Waals surface area contributed by atoms with Crippen molar-refractivity contribution in [3.63, 3.8) is 0 Å². The predicted octanol–water partition coefficient (Wildman–Crippen LogP) is 6.81. The molecule has 2 nitrogen and oxygen atoms in total. The number of hydrogen-bond acceptors (Lipinski definition) is 1. The monoisotopic (exact) mass is 554 g/mol. The average molecular weight is 555 g/mol. The van der Waals surface area contributed by atoms with Crippen molar-refractivity contribution in [3.05, 3.63) is 114 Å². The molecule has 0 unspecified atom stereocenters. The van der Waals surface area contributed by atoms with Crippen LogP contribution >= 0.6 is 0 Å². The maximum absolute atomic E-state index is 2.76. The lowest BCUT2D eigenvalue weighted by Crippen LogP contribution is -2.65. The highest BCUT2D eigenvalue weighted by Crippen LogP contribution is 2.55. The summed E-state index contributed by atoms with van der Waals surface area (Å²) in [6, 6.07) is 37.5. The molecule has 5 aromatic carbocycles. The Morgan fingerprint density at radius 1 is 0.714 bits per heavy atom. The molecular weight excluding hydrogens is 523 g/mol. The molecule has 0 atom stereocenters. The van der Waals surface area contributed by atoms with Crippen molar-refractivity contribution >= 4 is 64.2 Å². The summed E-state index contributed by atoms with van der Waals surface area (Å²) in [5.41, 5.74) is 18.2. The summed E-state index contributed by atoms with van der Waals surface area (Å²) < 4.78 is 2.76. The van der Waals surface area contributed by atoms with Gasteiger partial charge in [-0.15, -0.1) is 0 Å². The van der Waals surface area contributed by atoms with Crippen LogP contribution in [-0.4, -0.2) is 19.4 Å². The number of aromatic nitrogens is 1. The molecule has 200 valence electrons. The SMILES string of the molecule is Cc1cc2c3c(c1)N1c4ccccc4[Si](C)(C)c4cccc(c41)B3n1c3c(c4cccc-2c41)C(C)(C)c1ccccc1-3. The van der Waals surface area contributed by atoms with E-state index in [0.717, 1.165) is 0 Å². The van der Waals surface area contributed by atoms with Crippen LogP contribution in [0.3, 0.4) is 0 Å². The number of para-hydroxylation sites is 3. The van der Waals surface area contributed by atoms with Gasteiger partial charge in [-0.05, 0) is 62.6 Å². The van der Waals surface area contributed by atoms with E-state index in [1.54, 1.807) is 5.19 Å². The number of benzene rings is 5. The zero-order valence-electron chi connectivity index (χ0n) is 24.7. The Kier molecular flexibility index (Phi) is 3.99. The molecular formula is C38H31BN2Si. The Bertz CT molecular complexity index is 2240. The van der Waals surface area contributed by atoms with Crippen LogP contribution in [-0.2, 0) is 5.41 Å². The molecule has 4 aliphatic rings. The topological polar surface area (TPSA) is 8.17 Å². The molecule has 1 aliphatic carbocycles. The molecule has 10 rings (SSSR count). The summed E-state index contributed by atoms with van der Waals surface area (Å²) in [5.74, 6) is 0. The maximum atomic E-state index is 2.76. The van der Waals surface area contributed by atoms with Gasteiger partial charge in [-0.2, -0.15) is 0 Å². The fourth-order valence-corrected chi connectivity index (χ4v) is 12.3. The van der Waals surface area contributed by atoms with E-state index < -0.39 is 8.07 Å². The largest absolute Gasteiger partial charge is 0.375 e. The van der Waals surface area contributed by atoms with Gasteiger partial charge in [-0.3, -0.25) is 0 Å². The van der Waals surface area contributed by atoms with Crippen molar-refractivity contribution in [2.45, 2.75) is 39.3 Å². The molecule has 1 aromatic heterocycles. The minimum absolute atomic E-state index is 0.0615. The van der Waals surface area contributed by atoms with Crippen molar-refractivity contribution in [1.29, 1.82) is 0 Å². The number of aryl methyl sites for hydroxylation is 1. The smallest absolute Gasteiger partial charge is 0.333 e. The molecule has 4 heteroatoms. The molecule has 4 heterocycles. The molecule has 0 radical (unpaired) electrons. The molecule has 0 saturated carbocycles. The van der Waals surface area contributed by atoms with E-state index in [-0.39, 0.29) is 12.3 Å². The fourth-order valence-electron chi connectivity index (χ4n) is 9.25. The summed E-state index contributed by atoms with van der Waals surface area (Å²) in [5, 5.41) is 4.48. The lowest BCUT2D eigenvalue weighted by atomic mass is 9.45. The number of rotatable bonds is 0. The van der Waals surface area contributed by atoms with Gasteiger partial charge in [0, 0.05) is 50.2 Å². The molecule has 0 bridgehead atoms. The predicted molar refractivity (Wildman–Crippen MR) is 182 cm³/mol. The van der Waals surface area contributed by atoms with Crippen LogP contribution in [0.25, 0.3) is 33.3 Å². The molecule has 42 heavy (non-hydrogen) atoms. The molecule has 0 spiro atoms. The van der Waals surface area contributed by atoms with Gasteiger partial charge in [0.1, 0.15) is 8.07 Å². The van der Waals surface area contributed by atoms with Crippen molar-refractivity contribution < 1.29 is 0 Å². The normalized spacial score (nSPS) is 17.0. The van der Waals surface area contributed by atoms with Crippen LogP contribution in [0.1, 0.15) is 30.5 Å². The first-order valence-corrected chi connectivity index (χ1v) is 18.3. The van der Waals surface area contributed by atoms with Crippen LogP contribution in [0.4, 0.5) is 17.1 Å². The Labute approximate surface area is 248 Å². The molecule has 0 saturated heterocycles. The van der Waals surface area contributed by atoms with Gasteiger partial charge in [-0.25, -0.2) is 0 Å². The molecule has 0 N–H and O–H groups in total. The van der Waals surface area contributed by atoms with E-state index in [4.69, 9.17) is 0 Å². The van der Waals surface area contributed by atoms with Gasteiger partial charge in [0.05, 0.1) is 0 Å². The molecule has 3 aliphatic heterocycles. The highest BCUT2D eigenvalue weighted by Gasteiger charge is 2.50. The van der Waals surface area contributed by atoms with Crippen LogP contribution in [0.5, 0.6) is 0 Å². The Morgan fingerprint density at radius 3 is 2.33 bits per heavy atom. The zero-order valence-corrected chi connectivity index (χ0v) is 25.7. The third-order valence-electron chi connectivity index (χ3n) is 10.9. The van der Waals surface area contributed by atoms with Gasteiger partial charge < -0.3 is 9.38 Å². The van der Waals surface area contributed by atoms with E-state index in [2.05, 4.69) is 140 Å². The Balaban J connectivity index is 1.43. The summed E-state index contributed by atoms with van der Waals surface area (Å²) in [6.07, 6.45) is 0. The maximum Gasteiger partial charge on any atom is 0.333 e. The Morgan fingerprint density at radius 2 is 1.45 bits per heavy atom. The van der Waals surface area contributed by atoms with Crippen LogP contribution in [0.2, 0.25) is 13.1 Å². The first kappa shape index (κ1) is 23.3. The van der Waals surface area contributed by atoms with E-state index in [1.165, 1.54) is 83.2 Å². The van der Waals surface area contributed by atoms with Gasteiger partial charge in [0.15, 0.2) is 0 Å². The number of fused-ring (bicyclic) bond motifs is 11. The number of hydrogen-bond donors (Lipinski definition) is 0. The summed E-state index contributed by atoms with van der Waals surface area (Å²) in [4.78, 5) is 2.63. The third kappa shape index (κ3) is 2.41. The van der Waals surface area contributed by atoms with E-state index in [9.17, 15) is 0 Å². The highest BCUT2D eigenvalue weighted by atomic mass is 28.3. The second kappa shape index (κ2) is 7.19. The first-order valence-electron chi connectivity index (χ1n) is 15.3. The number of anilines is 3. The van der Waals surface area contributed by atoms with Gasteiger partial charge in [-0.1, -0.05) is 112 Å². The third-order valence-corrected chi connectivity index (χ3v) is 14.5. The standard InChI is InChI=1S/C38H31BN2Si/c1-22-20-26-23-13-10-14-25-33-36(24-12-6-7-15-27(24)38(33,2)3)41(35(23)25)39-28-16-11-19-32-37(28)40(30(21-22)34(26)39)29-17-8-9-18-31(29)42(32,4)5/h6-21H,1-5H3. The summed E-state index contributed by atoms with van der Waals surface area (Å²) >= 11 is 0. The zero-order chi connectivity index (χ0) is 28.3. The van der Waals surface area contributed by atoms with Crippen LogP contribution in [0.15, 0.2) is 97.1 Å². The van der Waals surface area contributed by atoms with Crippen molar-refractivity contribution in [1.82, 2.24) is 4.48 Å². The van der Waals surface area contributed by atoms with E-state index >= 15 is 0 Å². The molecule has 6 aromatic rings. The van der Waals surface area contributed by atoms with Crippen molar-refractivity contribution in [3.8, 4) is 22.4 Å². The van der Waals surface area contributed by atoms with E-state index in [0.29, 0.717) is 0 Å². The Hall–Kier alpha value is -4.28. The van der Waals surface area contributed by atoms with Crippen molar-refractivity contribution in [2.75, 3.05) is 4.90 Å². The molecule has 0 fully saturated rings. The minimum Gasteiger partial charge on any atom is -0.375 e. The van der Waals surface area contributed by atoms with Crippen LogP contribution < -0.4 is 26.2 Å². The van der Waals surface area contributed by atoms with Crippen molar-refractivity contribution in [2.24, 2.45) is 0 Å². The van der Waals surface area contributed by atoms with E-state index in [1.807, 2.05) is 0 Å². The lowest BCUT2D eigenvalue weighted by Gasteiger charge is -2.47. The second-order valence-corrected chi connectivity index (χ2v) is 18.2. The number of nitrogens with zero attached hydrogens (tertiary/aromatic N) is 2. The van der Waals surface area contributed by atoms with Gasteiger partial charge in [0.25, 0.3) is 0 Å². The first-order chi connectivity index (χ1) is 20.3. The van der Waals surface area contributed by atoms with Gasteiger partial charge in [0.2, 0.25) is 0 Å². The lowest BCUT2D eigenvalue weighted by molar-refractivity contribution is 0.666. The summed E-state index contributed by atoms with van der Waals surface area (Å²) in [6.45, 7) is 12.3.